The summed E-state index contributed by atoms with van der Waals surface area (Å²) in [6.07, 6.45) is -1.75. The monoisotopic (exact) mass is 240 g/mol. The van der Waals surface area contributed by atoms with Gasteiger partial charge in [0.05, 0.1) is 12.1 Å². The molecule has 2 heterocycles. The first kappa shape index (κ1) is 11.7. The van der Waals surface area contributed by atoms with Crippen LogP contribution in [0.25, 0.3) is 0 Å². The number of nitrogens with one attached hydrogen (secondary N) is 2. The van der Waals surface area contributed by atoms with Crippen LogP contribution >= 0.6 is 0 Å². The van der Waals surface area contributed by atoms with E-state index in [0.717, 1.165) is 0 Å². The Morgan fingerprint density at radius 3 is 2.71 bits per heavy atom. The fourth-order valence-corrected chi connectivity index (χ4v) is 1.75. The molecule has 0 spiro atoms. The van der Waals surface area contributed by atoms with E-state index in [0.29, 0.717) is 18.1 Å². The first-order chi connectivity index (χ1) is 7.99. The van der Waals surface area contributed by atoms with Crippen molar-refractivity contribution in [1.82, 2.24) is 9.97 Å². The molecule has 2 rings (SSSR count). The van der Waals surface area contributed by atoms with Crippen LogP contribution in [0.1, 0.15) is 6.92 Å². The molecule has 0 bridgehead atoms. The molecule has 0 aromatic carbocycles. The Kier molecular flexibility index (Phi) is 2.90. The van der Waals surface area contributed by atoms with Crippen molar-refractivity contribution in [3.63, 3.8) is 0 Å². The average Bonchev–Trinajstić information content (AvgIpc) is 2.27. The van der Waals surface area contributed by atoms with Gasteiger partial charge in [-0.1, -0.05) is 0 Å². The number of fused-ring (bicyclic) bond motifs is 1. The predicted molar refractivity (Wildman–Crippen MR) is 64.4 cm³/mol. The summed E-state index contributed by atoms with van der Waals surface area (Å²) in [6, 6.07) is -0.364. The number of aliphatic hydroxyl groups excluding tert-OH is 2. The molecule has 1 aliphatic heterocycles. The van der Waals surface area contributed by atoms with Gasteiger partial charge in [-0.3, -0.25) is 0 Å². The normalized spacial score (nSPS) is 21.9. The fraction of sp³-hybridized carbons (Fsp3) is 0.556. The lowest BCUT2D eigenvalue weighted by Crippen LogP contribution is -2.47. The second kappa shape index (κ2) is 4.22. The molecule has 0 fully saturated rings. The van der Waals surface area contributed by atoms with Crippen molar-refractivity contribution in [3.05, 3.63) is 0 Å². The molecule has 0 amide bonds. The molecule has 3 atom stereocenters. The van der Waals surface area contributed by atoms with Crippen molar-refractivity contribution < 1.29 is 10.2 Å². The average molecular weight is 240 g/mol. The molecule has 94 valence electrons. The third-order valence-electron chi connectivity index (χ3n) is 2.68. The van der Waals surface area contributed by atoms with Crippen LogP contribution in [0.4, 0.5) is 23.3 Å². The maximum atomic E-state index is 9.76. The third-order valence-corrected chi connectivity index (χ3v) is 2.68. The largest absolute Gasteiger partial charge is 0.391 e. The zero-order valence-electron chi connectivity index (χ0n) is 9.38. The van der Waals surface area contributed by atoms with Gasteiger partial charge in [-0.25, -0.2) is 0 Å². The zero-order valence-corrected chi connectivity index (χ0v) is 9.38. The number of anilines is 4. The maximum absolute atomic E-state index is 9.76. The molecular weight excluding hydrogens is 224 g/mol. The van der Waals surface area contributed by atoms with E-state index >= 15 is 0 Å². The van der Waals surface area contributed by atoms with Crippen molar-refractivity contribution in [3.8, 4) is 0 Å². The summed E-state index contributed by atoms with van der Waals surface area (Å²) < 4.78 is 0. The molecule has 0 aliphatic carbocycles. The number of hydrogen-bond acceptors (Lipinski definition) is 8. The highest BCUT2D eigenvalue weighted by Crippen LogP contribution is 2.30. The quantitative estimate of drug-likeness (QED) is 0.370. The Morgan fingerprint density at radius 2 is 2.06 bits per heavy atom. The number of aromatic nitrogens is 2. The molecule has 0 saturated carbocycles. The third kappa shape index (κ3) is 2.17. The fourth-order valence-electron chi connectivity index (χ4n) is 1.75. The molecule has 8 nitrogen and oxygen atoms in total. The van der Waals surface area contributed by atoms with Gasteiger partial charge in [0.15, 0.2) is 11.6 Å². The summed E-state index contributed by atoms with van der Waals surface area (Å²) in [6.45, 7) is 1.93. The van der Waals surface area contributed by atoms with Crippen LogP contribution in [-0.4, -0.2) is 45.0 Å². The second-order valence-electron chi connectivity index (χ2n) is 4.05. The van der Waals surface area contributed by atoms with Crippen LogP contribution in [0.5, 0.6) is 0 Å². The highest BCUT2D eigenvalue weighted by Gasteiger charge is 2.29. The summed E-state index contributed by atoms with van der Waals surface area (Å²) in [7, 11) is 0. The van der Waals surface area contributed by atoms with Crippen molar-refractivity contribution >= 4 is 23.3 Å². The first-order valence-corrected chi connectivity index (χ1v) is 5.28. The lowest BCUT2D eigenvalue weighted by Gasteiger charge is -2.32. The van der Waals surface area contributed by atoms with Crippen molar-refractivity contribution in [2.24, 2.45) is 0 Å². The van der Waals surface area contributed by atoms with Crippen molar-refractivity contribution in [1.29, 1.82) is 0 Å². The van der Waals surface area contributed by atoms with E-state index in [1.54, 1.807) is 0 Å². The van der Waals surface area contributed by atoms with E-state index < -0.39 is 12.2 Å². The molecule has 8 N–H and O–H groups in total. The molecule has 0 saturated heterocycles. The Morgan fingerprint density at radius 1 is 1.35 bits per heavy atom. The van der Waals surface area contributed by atoms with Gasteiger partial charge in [0.2, 0.25) is 5.95 Å². The van der Waals surface area contributed by atoms with Gasteiger partial charge in [0.25, 0.3) is 0 Å². The van der Waals surface area contributed by atoms with Gasteiger partial charge >= 0.3 is 0 Å². The summed E-state index contributed by atoms with van der Waals surface area (Å²) in [5.74, 6) is 0.802. The number of rotatable bonds is 2. The lowest BCUT2D eigenvalue weighted by molar-refractivity contribution is 0.0214. The van der Waals surface area contributed by atoms with Gasteiger partial charge in [0, 0.05) is 6.54 Å². The van der Waals surface area contributed by atoms with Crippen LogP contribution in [0.15, 0.2) is 0 Å². The van der Waals surface area contributed by atoms with Crippen LogP contribution < -0.4 is 22.1 Å². The van der Waals surface area contributed by atoms with Crippen LogP contribution in [-0.2, 0) is 0 Å². The van der Waals surface area contributed by atoms with E-state index in [-0.39, 0.29) is 17.8 Å². The van der Waals surface area contributed by atoms with E-state index in [1.165, 1.54) is 6.92 Å². The predicted octanol–water partition coefficient (Wildman–Crippen LogP) is -1.41. The molecule has 8 heteroatoms. The van der Waals surface area contributed by atoms with Crippen LogP contribution in [0.3, 0.4) is 0 Å². The summed E-state index contributed by atoms with van der Waals surface area (Å²) >= 11 is 0. The number of hydrogen-bond donors (Lipinski definition) is 6. The number of nitrogen functional groups attached to an aromatic ring is 2. The van der Waals surface area contributed by atoms with Gasteiger partial charge < -0.3 is 32.3 Å². The van der Waals surface area contributed by atoms with Gasteiger partial charge in [-0.05, 0) is 6.92 Å². The number of nitrogens with two attached hydrogens (primary N) is 2. The van der Waals surface area contributed by atoms with Crippen molar-refractivity contribution in [2.45, 2.75) is 25.2 Å². The zero-order chi connectivity index (χ0) is 12.6. The Labute approximate surface area is 98.1 Å². The first-order valence-electron chi connectivity index (χ1n) is 5.28. The highest BCUT2D eigenvalue weighted by molar-refractivity contribution is 5.78. The minimum atomic E-state index is -0.910. The molecule has 17 heavy (non-hydrogen) atoms. The Hall–Kier alpha value is -1.80. The molecule has 1 unspecified atom stereocenters. The Bertz CT molecular complexity index is 424. The van der Waals surface area contributed by atoms with E-state index in [9.17, 15) is 10.2 Å². The topological polar surface area (TPSA) is 142 Å². The molecule has 1 aromatic rings. The minimum absolute atomic E-state index is 0.0880. The minimum Gasteiger partial charge on any atom is -0.391 e. The smallest absolute Gasteiger partial charge is 0.224 e. The number of nitrogens with zero attached hydrogens (tertiary/aromatic N) is 2. The van der Waals surface area contributed by atoms with Crippen LogP contribution in [0.2, 0.25) is 0 Å². The second-order valence-corrected chi connectivity index (χ2v) is 4.05. The maximum Gasteiger partial charge on any atom is 0.224 e. The van der Waals surface area contributed by atoms with E-state index in [1.807, 2.05) is 0 Å². The summed E-state index contributed by atoms with van der Waals surface area (Å²) in [5.41, 5.74) is 11.7. The van der Waals surface area contributed by atoms with Crippen molar-refractivity contribution in [2.75, 3.05) is 28.6 Å². The van der Waals surface area contributed by atoms with E-state index in [2.05, 4.69) is 20.6 Å². The SMILES string of the molecule is C[C@H](O)[C@H](O)C1CNc2nc(N)nc(N)c2N1. The Balaban J connectivity index is 2.24. The molecule has 0 radical (unpaired) electrons. The summed E-state index contributed by atoms with van der Waals surface area (Å²) in [4.78, 5) is 7.81. The lowest BCUT2D eigenvalue weighted by atomic mass is 10.0. The van der Waals surface area contributed by atoms with Gasteiger partial charge in [-0.2, -0.15) is 9.97 Å². The molecule has 1 aliphatic rings. The summed E-state index contributed by atoms with van der Waals surface area (Å²) in [5, 5.41) is 25.1. The molecule has 1 aromatic heterocycles. The van der Waals surface area contributed by atoms with Gasteiger partial charge in [0.1, 0.15) is 11.8 Å². The van der Waals surface area contributed by atoms with E-state index in [4.69, 9.17) is 11.5 Å². The van der Waals surface area contributed by atoms with Crippen LogP contribution in [0, 0.1) is 0 Å². The number of aliphatic hydroxyl groups is 2. The standard InChI is InChI=1S/C9H16N6O2/c1-3(16)6(17)4-2-12-8-5(13-4)7(10)14-9(11)15-8/h3-4,6,13,16-17H,2H2,1H3,(H5,10,11,12,14,15)/t3-,4?,6-/m0/s1. The highest BCUT2D eigenvalue weighted by atomic mass is 16.3. The van der Waals surface area contributed by atoms with Gasteiger partial charge in [-0.15, -0.1) is 0 Å². The molecular formula is C9H16N6O2.